The molecular weight excluding hydrogens is 278 g/mol. The second kappa shape index (κ2) is 7.81. The first kappa shape index (κ1) is 15.5. The molecule has 0 radical (unpaired) electrons. The molecule has 0 aliphatic carbocycles. The van der Waals surface area contributed by atoms with Gasteiger partial charge in [0.25, 0.3) is 5.69 Å². The van der Waals surface area contributed by atoms with Gasteiger partial charge in [-0.2, -0.15) is 5.26 Å². The normalized spacial score (nSPS) is 10.5. The molecule has 0 saturated heterocycles. The fraction of sp³-hybridized carbons (Fsp3) is 0.167. The van der Waals surface area contributed by atoms with Gasteiger partial charge in [-0.15, -0.1) is 6.58 Å². The molecule has 1 rings (SSSR count). The Kier molecular flexibility index (Phi) is 6.06. The van der Waals surface area contributed by atoms with E-state index in [1.807, 2.05) is 0 Å². The second-order valence-corrected chi connectivity index (χ2v) is 4.28. The number of rotatable bonds is 5. The summed E-state index contributed by atoms with van der Waals surface area (Å²) in [5.41, 5.74) is 0.714. The van der Waals surface area contributed by atoms with Crippen LogP contribution in [0.4, 0.5) is 17.1 Å². The van der Waals surface area contributed by atoms with E-state index >= 15 is 0 Å². The molecule has 20 heavy (non-hydrogen) atoms. The summed E-state index contributed by atoms with van der Waals surface area (Å²) in [6.07, 6.45) is 5.11. The Labute approximate surface area is 120 Å². The third kappa shape index (κ3) is 4.29. The molecule has 0 fully saturated rings. The van der Waals surface area contributed by atoms with Crippen LogP contribution < -0.4 is 10.6 Å². The molecular formula is C12H13N5O2S. The minimum Gasteiger partial charge on any atom is -0.376 e. The highest BCUT2D eigenvalue weighted by Gasteiger charge is 2.14. The maximum atomic E-state index is 11.0. The van der Waals surface area contributed by atoms with Crippen LogP contribution in [0, 0.1) is 21.6 Å². The van der Waals surface area contributed by atoms with E-state index in [9.17, 15) is 10.1 Å². The minimum atomic E-state index is -0.485. The van der Waals surface area contributed by atoms with Gasteiger partial charge in [-0.1, -0.05) is 17.8 Å². The van der Waals surface area contributed by atoms with Gasteiger partial charge in [0.15, 0.2) is 11.4 Å². The number of nitriles is 1. The zero-order valence-electron chi connectivity index (χ0n) is 10.8. The molecule has 1 aromatic carbocycles. The Morgan fingerprint density at radius 2 is 2.45 bits per heavy atom. The number of benzene rings is 1. The van der Waals surface area contributed by atoms with Gasteiger partial charge in [0.05, 0.1) is 10.6 Å². The number of nitrogens with one attached hydrogen (secondary N) is 2. The van der Waals surface area contributed by atoms with E-state index in [-0.39, 0.29) is 5.69 Å². The van der Waals surface area contributed by atoms with E-state index < -0.39 is 4.92 Å². The molecule has 0 aliphatic heterocycles. The summed E-state index contributed by atoms with van der Waals surface area (Å²) in [5, 5.41) is 25.2. The summed E-state index contributed by atoms with van der Waals surface area (Å²) in [6, 6.07) is 4.55. The van der Waals surface area contributed by atoms with Gasteiger partial charge < -0.3 is 5.32 Å². The van der Waals surface area contributed by atoms with Gasteiger partial charge in [0.1, 0.15) is 5.69 Å². The molecule has 0 bridgehead atoms. The molecule has 0 saturated carbocycles. The van der Waals surface area contributed by atoms with Crippen LogP contribution in [0.25, 0.3) is 0 Å². The highest BCUT2D eigenvalue weighted by molar-refractivity contribution is 8.13. The van der Waals surface area contributed by atoms with Crippen LogP contribution in [-0.2, 0) is 0 Å². The smallest absolute Gasteiger partial charge is 0.294 e. The van der Waals surface area contributed by atoms with E-state index in [4.69, 9.17) is 5.26 Å². The number of nitrogens with zero attached hydrogens (tertiary/aromatic N) is 3. The topological polar surface area (TPSA) is 103 Å². The number of aliphatic imine (C=N–C) groups is 1. The summed E-state index contributed by atoms with van der Waals surface area (Å²) in [7, 11) is 0. The average molecular weight is 291 g/mol. The maximum Gasteiger partial charge on any atom is 0.294 e. The molecule has 0 unspecified atom stereocenters. The van der Waals surface area contributed by atoms with Gasteiger partial charge in [0.2, 0.25) is 0 Å². The van der Waals surface area contributed by atoms with Gasteiger partial charge in [-0.05, 0) is 18.4 Å². The van der Waals surface area contributed by atoms with E-state index in [2.05, 4.69) is 22.2 Å². The number of thioether (sulfide) groups is 1. The SMILES string of the molecule is C=CCNc1ccc(N=C(NC#N)SC)cc1[N+](=O)[O-]. The second-order valence-electron chi connectivity index (χ2n) is 3.49. The molecule has 104 valence electrons. The highest BCUT2D eigenvalue weighted by atomic mass is 32.2. The molecule has 0 aromatic heterocycles. The largest absolute Gasteiger partial charge is 0.376 e. The molecule has 2 N–H and O–H groups in total. The lowest BCUT2D eigenvalue weighted by Crippen LogP contribution is -2.12. The minimum absolute atomic E-state index is 0.0782. The first-order valence-corrected chi connectivity index (χ1v) is 6.75. The zero-order chi connectivity index (χ0) is 15.0. The van der Waals surface area contributed by atoms with Gasteiger partial charge in [-0.25, -0.2) is 4.99 Å². The van der Waals surface area contributed by atoms with Crippen LogP contribution in [0.3, 0.4) is 0 Å². The van der Waals surface area contributed by atoms with Crippen molar-refractivity contribution in [1.82, 2.24) is 5.32 Å². The fourth-order valence-electron chi connectivity index (χ4n) is 1.36. The van der Waals surface area contributed by atoms with Crippen molar-refractivity contribution in [3.05, 3.63) is 41.0 Å². The lowest BCUT2D eigenvalue weighted by Gasteiger charge is -2.06. The number of nitro groups is 1. The zero-order valence-corrected chi connectivity index (χ0v) is 11.6. The Hall–Kier alpha value is -2.53. The maximum absolute atomic E-state index is 11.0. The van der Waals surface area contributed by atoms with Crippen LogP contribution in [0.5, 0.6) is 0 Å². The first-order chi connectivity index (χ1) is 9.62. The molecule has 0 atom stereocenters. The van der Waals surface area contributed by atoms with Gasteiger partial charge in [0, 0.05) is 12.6 Å². The number of hydrogen-bond acceptors (Lipinski definition) is 6. The third-order valence-corrected chi connectivity index (χ3v) is 2.78. The summed E-state index contributed by atoms with van der Waals surface area (Å²) < 4.78 is 0. The summed E-state index contributed by atoms with van der Waals surface area (Å²) in [6.45, 7) is 3.97. The van der Waals surface area contributed by atoms with Crippen molar-refractivity contribution < 1.29 is 4.92 Å². The lowest BCUT2D eigenvalue weighted by atomic mass is 10.2. The highest BCUT2D eigenvalue weighted by Crippen LogP contribution is 2.29. The van der Waals surface area contributed by atoms with Crippen molar-refractivity contribution in [2.45, 2.75) is 0 Å². The quantitative estimate of drug-likeness (QED) is 0.164. The summed E-state index contributed by atoms with van der Waals surface area (Å²) in [5.74, 6) is 0. The average Bonchev–Trinajstić information content (AvgIpc) is 2.45. The third-order valence-electron chi connectivity index (χ3n) is 2.20. The van der Waals surface area contributed by atoms with Crippen LogP contribution in [0.15, 0.2) is 35.8 Å². The number of hydrogen-bond donors (Lipinski definition) is 2. The standard InChI is InChI=1S/C12H13N5O2S/c1-3-6-14-10-5-4-9(7-11(10)17(18)19)16-12(20-2)15-8-13/h3-5,7,14H,1,6H2,2H3,(H,15,16). The Morgan fingerprint density at radius 3 is 3.00 bits per heavy atom. The molecule has 0 spiro atoms. The van der Waals surface area contributed by atoms with E-state index in [1.54, 1.807) is 30.7 Å². The van der Waals surface area contributed by atoms with E-state index in [0.717, 1.165) is 0 Å². The molecule has 1 aromatic rings. The van der Waals surface area contributed by atoms with E-state index in [0.29, 0.717) is 23.1 Å². The lowest BCUT2D eigenvalue weighted by molar-refractivity contribution is -0.383. The van der Waals surface area contributed by atoms with Crippen molar-refractivity contribution in [3.63, 3.8) is 0 Å². The van der Waals surface area contributed by atoms with Crippen LogP contribution in [0.1, 0.15) is 0 Å². The molecule has 0 heterocycles. The summed E-state index contributed by atoms with van der Waals surface area (Å²) in [4.78, 5) is 14.7. The Morgan fingerprint density at radius 1 is 1.70 bits per heavy atom. The van der Waals surface area contributed by atoms with Crippen LogP contribution in [-0.4, -0.2) is 22.9 Å². The van der Waals surface area contributed by atoms with Crippen molar-refractivity contribution in [3.8, 4) is 6.19 Å². The molecule has 0 aliphatic rings. The van der Waals surface area contributed by atoms with Crippen molar-refractivity contribution in [2.75, 3.05) is 18.1 Å². The number of nitro benzene ring substituents is 1. The number of anilines is 1. The fourth-order valence-corrected chi connectivity index (χ4v) is 1.71. The van der Waals surface area contributed by atoms with Crippen LogP contribution >= 0.6 is 11.8 Å². The van der Waals surface area contributed by atoms with Gasteiger partial charge in [-0.3, -0.25) is 15.4 Å². The molecule has 0 amide bonds. The van der Waals surface area contributed by atoms with E-state index in [1.165, 1.54) is 17.8 Å². The predicted molar refractivity (Wildman–Crippen MR) is 81.1 cm³/mol. The first-order valence-electron chi connectivity index (χ1n) is 5.53. The Balaban J connectivity index is 3.13. The van der Waals surface area contributed by atoms with Gasteiger partial charge >= 0.3 is 0 Å². The molecule has 7 nitrogen and oxygen atoms in total. The van der Waals surface area contributed by atoms with Crippen LogP contribution in [0.2, 0.25) is 0 Å². The predicted octanol–water partition coefficient (Wildman–Crippen LogP) is 2.61. The molecule has 8 heteroatoms. The van der Waals surface area contributed by atoms with Crippen molar-refractivity contribution >= 4 is 34.0 Å². The monoisotopic (exact) mass is 291 g/mol. The van der Waals surface area contributed by atoms with Crippen molar-refractivity contribution in [1.29, 1.82) is 5.26 Å². The number of amidine groups is 1. The summed E-state index contributed by atoms with van der Waals surface area (Å²) >= 11 is 1.24. The Bertz CT molecular complexity index is 580. The van der Waals surface area contributed by atoms with Crippen molar-refractivity contribution in [2.24, 2.45) is 4.99 Å².